The molecule has 1 aromatic carbocycles. The van der Waals surface area contributed by atoms with Crippen LogP contribution < -0.4 is 5.32 Å². The summed E-state index contributed by atoms with van der Waals surface area (Å²) in [6, 6.07) is 7.04. The van der Waals surface area contributed by atoms with Crippen molar-refractivity contribution in [2.45, 2.75) is 25.0 Å². The van der Waals surface area contributed by atoms with Crippen LogP contribution in [0, 0.1) is 0 Å². The second kappa shape index (κ2) is 5.46. The van der Waals surface area contributed by atoms with Gasteiger partial charge in [-0.05, 0) is 17.5 Å². The van der Waals surface area contributed by atoms with Crippen molar-refractivity contribution < 1.29 is 14.7 Å². The Morgan fingerprint density at radius 3 is 2.80 bits per heavy atom. The third-order valence-corrected chi connectivity index (χ3v) is 4.84. The number of nitrogens with zero attached hydrogens (tertiary/aromatic N) is 1. The first-order chi connectivity index (χ1) is 9.66. The predicted molar refractivity (Wildman–Crippen MR) is 76.4 cm³/mol. The van der Waals surface area contributed by atoms with E-state index in [-0.39, 0.29) is 11.9 Å². The molecule has 106 valence electrons. The van der Waals surface area contributed by atoms with Gasteiger partial charge in [0.1, 0.15) is 6.04 Å². The summed E-state index contributed by atoms with van der Waals surface area (Å²) in [5, 5.41) is 12.4. The van der Waals surface area contributed by atoms with Gasteiger partial charge in [0, 0.05) is 12.3 Å². The Morgan fingerprint density at radius 2 is 2.05 bits per heavy atom. The Bertz CT molecular complexity index is 549. The number of aliphatic carboxylic acids is 1. The Kier molecular flexibility index (Phi) is 3.67. The van der Waals surface area contributed by atoms with Crippen LogP contribution in [0.1, 0.15) is 11.1 Å². The molecule has 2 heterocycles. The lowest BCUT2D eigenvalue weighted by Gasteiger charge is -2.30. The highest BCUT2D eigenvalue weighted by molar-refractivity contribution is 7.99. The molecule has 0 aromatic heterocycles. The normalized spacial score (nSPS) is 25.3. The molecular formula is C14H16N2O3S. The first-order valence-electron chi connectivity index (χ1n) is 6.58. The van der Waals surface area contributed by atoms with Crippen molar-refractivity contribution in [2.24, 2.45) is 0 Å². The fraction of sp³-hybridized carbons (Fsp3) is 0.429. The molecule has 2 aliphatic heterocycles. The number of carbonyl (C=O) groups excluding carboxylic acids is 1. The molecular weight excluding hydrogens is 276 g/mol. The average Bonchev–Trinajstić information content (AvgIpc) is 2.95. The van der Waals surface area contributed by atoms with Crippen LogP contribution in [-0.4, -0.2) is 45.6 Å². The van der Waals surface area contributed by atoms with Crippen LogP contribution in [0.2, 0.25) is 0 Å². The molecule has 1 saturated heterocycles. The lowest BCUT2D eigenvalue weighted by Crippen LogP contribution is -2.52. The maximum absolute atomic E-state index is 12.5. The van der Waals surface area contributed by atoms with E-state index in [0.29, 0.717) is 24.6 Å². The highest BCUT2D eigenvalue weighted by Gasteiger charge is 2.38. The summed E-state index contributed by atoms with van der Waals surface area (Å²) in [6.45, 7) is 0.658. The van der Waals surface area contributed by atoms with Crippen molar-refractivity contribution in [1.82, 2.24) is 10.2 Å². The van der Waals surface area contributed by atoms with E-state index < -0.39 is 12.0 Å². The van der Waals surface area contributed by atoms with E-state index in [9.17, 15) is 9.59 Å². The summed E-state index contributed by atoms with van der Waals surface area (Å²) in [4.78, 5) is 25.2. The van der Waals surface area contributed by atoms with E-state index >= 15 is 0 Å². The number of hydrogen-bond acceptors (Lipinski definition) is 4. The molecule has 0 saturated carbocycles. The lowest BCUT2D eigenvalue weighted by molar-refractivity contribution is -0.148. The van der Waals surface area contributed by atoms with E-state index in [1.807, 2.05) is 18.2 Å². The first kappa shape index (κ1) is 13.5. The van der Waals surface area contributed by atoms with Gasteiger partial charge in [0.2, 0.25) is 5.91 Å². The number of hydrogen-bond donors (Lipinski definition) is 2. The number of nitrogens with one attached hydrogen (secondary N) is 1. The molecule has 1 fully saturated rings. The van der Waals surface area contributed by atoms with Crippen molar-refractivity contribution >= 4 is 23.6 Å². The summed E-state index contributed by atoms with van der Waals surface area (Å²) in [5.74, 6) is -0.0727. The van der Waals surface area contributed by atoms with Gasteiger partial charge >= 0.3 is 5.97 Å². The number of benzene rings is 1. The zero-order valence-corrected chi connectivity index (χ0v) is 11.7. The number of carboxylic acids is 1. The molecule has 0 bridgehead atoms. The zero-order chi connectivity index (χ0) is 14.1. The number of fused-ring (bicyclic) bond motifs is 1. The van der Waals surface area contributed by atoms with Crippen molar-refractivity contribution in [3.8, 4) is 0 Å². The van der Waals surface area contributed by atoms with Crippen LogP contribution in [-0.2, 0) is 22.6 Å². The quantitative estimate of drug-likeness (QED) is 0.839. The van der Waals surface area contributed by atoms with E-state index in [1.54, 1.807) is 0 Å². The van der Waals surface area contributed by atoms with Gasteiger partial charge in [-0.3, -0.25) is 4.79 Å². The second-order valence-corrected chi connectivity index (χ2v) is 6.07. The van der Waals surface area contributed by atoms with Crippen LogP contribution >= 0.6 is 11.8 Å². The number of rotatable bonds is 2. The lowest BCUT2D eigenvalue weighted by atomic mass is 9.95. The maximum atomic E-state index is 12.5. The van der Waals surface area contributed by atoms with Gasteiger partial charge in [-0.15, -0.1) is 11.8 Å². The molecule has 2 N–H and O–H groups in total. The van der Waals surface area contributed by atoms with Crippen LogP contribution in [0.4, 0.5) is 0 Å². The van der Waals surface area contributed by atoms with E-state index in [0.717, 1.165) is 0 Å². The van der Waals surface area contributed by atoms with E-state index in [1.165, 1.54) is 27.8 Å². The monoisotopic (exact) mass is 292 g/mol. The Labute approximate surface area is 121 Å². The van der Waals surface area contributed by atoms with Crippen LogP contribution in [0.25, 0.3) is 0 Å². The fourth-order valence-electron chi connectivity index (χ4n) is 2.69. The molecule has 0 aliphatic carbocycles. The molecule has 2 atom stereocenters. The topological polar surface area (TPSA) is 69.6 Å². The van der Waals surface area contributed by atoms with Crippen molar-refractivity contribution in [2.75, 3.05) is 11.6 Å². The molecule has 0 radical (unpaired) electrons. The number of amides is 1. The molecule has 6 heteroatoms. The van der Waals surface area contributed by atoms with Crippen molar-refractivity contribution in [1.29, 1.82) is 0 Å². The number of thioether (sulfide) groups is 1. The zero-order valence-electron chi connectivity index (χ0n) is 10.9. The third-order valence-electron chi connectivity index (χ3n) is 3.83. The largest absolute Gasteiger partial charge is 0.480 e. The molecule has 20 heavy (non-hydrogen) atoms. The predicted octanol–water partition coefficient (Wildman–Crippen LogP) is 0.687. The van der Waals surface area contributed by atoms with Gasteiger partial charge in [0.15, 0.2) is 0 Å². The summed E-state index contributed by atoms with van der Waals surface area (Å²) in [5.41, 5.74) is 2.38. The van der Waals surface area contributed by atoms with Crippen molar-refractivity contribution in [3.63, 3.8) is 0 Å². The summed E-state index contributed by atoms with van der Waals surface area (Å²) in [6.07, 6.45) is 0.627. The van der Waals surface area contributed by atoms with Gasteiger partial charge in [-0.2, -0.15) is 0 Å². The van der Waals surface area contributed by atoms with Crippen LogP contribution in [0.3, 0.4) is 0 Å². The first-order valence-corrected chi connectivity index (χ1v) is 7.73. The standard InChI is InChI=1S/C14H16N2O3S/c17-13(16-8-20-7-12(16)14(18)19)11-5-9-3-1-2-4-10(9)6-15-11/h1-4,11-12,15H,5-8H2,(H,18,19)/t11-,12?/m1/s1. The molecule has 2 aliphatic rings. The second-order valence-electron chi connectivity index (χ2n) is 5.07. The Hall–Kier alpha value is -1.53. The SMILES string of the molecule is O=C(O)C1CSCN1C(=O)[C@H]1Cc2ccccc2CN1. The summed E-state index contributed by atoms with van der Waals surface area (Å²) >= 11 is 1.49. The minimum absolute atomic E-state index is 0.100. The maximum Gasteiger partial charge on any atom is 0.327 e. The molecule has 5 nitrogen and oxygen atoms in total. The number of carboxylic acid groups (broad SMARTS) is 1. The minimum atomic E-state index is -0.917. The van der Waals surface area contributed by atoms with Gasteiger partial charge in [0.25, 0.3) is 0 Å². The summed E-state index contributed by atoms with van der Waals surface area (Å²) < 4.78 is 0. The van der Waals surface area contributed by atoms with E-state index in [4.69, 9.17) is 5.11 Å². The Morgan fingerprint density at radius 1 is 1.30 bits per heavy atom. The Balaban J connectivity index is 1.74. The van der Waals surface area contributed by atoms with Crippen LogP contribution in [0.5, 0.6) is 0 Å². The molecule has 3 rings (SSSR count). The minimum Gasteiger partial charge on any atom is -0.480 e. The summed E-state index contributed by atoms with van der Waals surface area (Å²) in [7, 11) is 0. The highest BCUT2D eigenvalue weighted by atomic mass is 32.2. The third kappa shape index (κ3) is 2.41. The molecule has 1 unspecified atom stereocenters. The highest BCUT2D eigenvalue weighted by Crippen LogP contribution is 2.24. The van der Waals surface area contributed by atoms with E-state index in [2.05, 4.69) is 11.4 Å². The fourth-order valence-corrected chi connectivity index (χ4v) is 3.85. The molecule has 1 aromatic rings. The average molecular weight is 292 g/mol. The van der Waals surface area contributed by atoms with Gasteiger partial charge in [-0.25, -0.2) is 4.79 Å². The number of carbonyl (C=O) groups is 2. The smallest absolute Gasteiger partial charge is 0.327 e. The molecule has 0 spiro atoms. The molecule has 1 amide bonds. The van der Waals surface area contributed by atoms with Gasteiger partial charge in [-0.1, -0.05) is 24.3 Å². The van der Waals surface area contributed by atoms with Gasteiger partial charge in [0.05, 0.1) is 11.9 Å². The van der Waals surface area contributed by atoms with Crippen molar-refractivity contribution in [3.05, 3.63) is 35.4 Å². The van der Waals surface area contributed by atoms with Gasteiger partial charge < -0.3 is 15.3 Å². The van der Waals surface area contributed by atoms with Crippen LogP contribution in [0.15, 0.2) is 24.3 Å².